The lowest BCUT2D eigenvalue weighted by Gasteiger charge is -2.18. The van der Waals surface area contributed by atoms with Crippen LogP contribution in [0.5, 0.6) is 11.6 Å². The van der Waals surface area contributed by atoms with Crippen molar-refractivity contribution in [2.45, 2.75) is 12.5 Å². The molecule has 5 rings (SSSR count). The maximum Gasteiger partial charge on any atom is 0.246 e. The molecule has 0 aliphatic heterocycles. The number of thiazole rings is 1. The van der Waals surface area contributed by atoms with E-state index >= 15 is 0 Å². The Morgan fingerprint density at radius 3 is 2.81 bits per heavy atom. The summed E-state index contributed by atoms with van der Waals surface area (Å²) in [7, 11) is 1.64. The van der Waals surface area contributed by atoms with Gasteiger partial charge < -0.3 is 14.8 Å². The van der Waals surface area contributed by atoms with Crippen LogP contribution in [0.4, 0.5) is 5.13 Å². The molecule has 0 amide bonds. The highest BCUT2D eigenvalue weighted by Gasteiger charge is 2.15. The summed E-state index contributed by atoms with van der Waals surface area (Å²) in [5, 5.41) is 4.40. The zero-order valence-electron chi connectivity index (χ0n) is 16.9. The first-order valence-corrected chi connectivity index (χ1v) is 10.7. The Labute approximate surface area is 183 Å². The van der Waals surface area contributed by atoms with Gasteiger partial charge in [0.1, 0.15) is 17.2 Å². The van der Waals surface area contributed by atoms with Crippen LogP contribution in [0, 0.1) is 0 Å². The van der Waals surface area contributed by atoms with Crippen LogP contribution in [0.3, 0.4) is 0 Å². The molecule has 2 heterocycles. The van der Waals surface area contributed by atoms with E-state index < -0.39 is 0 Å². The molecule has 1 atom stereocenters. The number of ether oxygens (including phenoxy) is 2. The Kier molecular flexibility index (Phi) is 5.33. The third-order valence-corrected chi connectivity index (χ3v) is 5.86. The van der Waals surface area contributed by atoms with Gasteiger partial charge in [0.2, 0.25) is 5.88 Å². The molecule has 4 aromatic rings. The Morgan fingerprint density at radius 1 is 1.06 bits per heavy atom. The van der Waals surface area contributed by atoms with Crippen LogP contribution in [0.2, 0.25) is 0 Å². The van der Waals surface area contributed by atoms with Gasteiger partial charge in [-0.15, -0.1) is 0 Å². The molecular weight excluding hydrogens is 408 g/mol. The Bertz CT molecular complexity index is 1250. The Morgan fingerprint density at radius 2 is 1.97 bits per heavy atom. The first-order valence-electron chi connectivity index (χ1n) is 9.92. The fraction of sp³-hybridized carbons (Fsp3) is 0.125. The van der Waals surface area contributed by atoms with Gasteiger partial charge in [-0.25, -0.2) is 15.0 Å². The van der Waals surface area contributed by atoms with Gasteiger partial charge in [-0.3, -0.25) is 0 Å². The van der Waals surface area contributed by atoms with Crippen molar-refractivity contribution < 1.29 is 9.47 Å². The second-order valence-corrected chi connectivity index (χ2v) is 8.01. The van der Waals surface area contributed by atoms with Crippen molar-refractivity contribution in [1.82, 2.24) is 15.0 Å². The maximum absolute atomic E-state index is 6.08. The van der Waals surface area contributed by atoms with Crippen molar-refractivity contribution in [2.75, 3.05) is 12.4 Å². The van der Waals surface area contributed by atoms with Crippen molar-refractivity contribution in [2.24, 2.45) is 0 Å². The van der Waals surface area contributed by atoms with Crippen LogP contribution in [0.25, 0.3) is 21.5 Å². The van der Waals surface area contributed by atoms with E-state index in [0.717, 1.165) is 34.1 Å². The average Bonchev–Trinajstić information content (AvgIpc) is 3.23. The zero-order chi connectivity index (χ0) is 21.0. The lowest BCUT2D eigenvalue weighted by molar-refractivity contribution is 0.414. The van der Waals surface area contributed by atoms with E-state index in [1.54, 1.807) is 30.8 Å². The topological polar surface area (TPSA) is 69.2 Å². The molecule has 1 unspecified atom stereocenters. The monoisotopic (exact) mass is 428 g/mol. The summed E-state index contributed by atoms with van der Waals surface area (Å²) in [6.45, 7) is 0. The number of nitrogens with zero attached hydrogens (tertiary/aromatic N) is 3. The zero-order valence-corrected chi connectivity index (χ0v) is 17.7. The number of para-hydroxylation sites is 1. The van der Waals surface area contributed by atoms with Crippen molar-refractivity contribution in [1.29, 1.82) is 0 Å². The molecule has 1 aliphatic carbocycles. The lowest BCUT2D eigenvalue weighted by atomic mass is 10.1. The fourth-order valence-electron chi connectivity index (χ4n) is 3.36. The van der Waals surface area contributed by atoms with Gasteiger partial charge in [0, 0.05) is 18.0 Å². The number of anilines is 1. The summed E-state index contributed by atoms with van der Waals surface area (Å²) in [4.78, 5) is 13.5. The van der Waals surface area contributed by atoms with Crippen molar-refractivity contribution in [3.8, 4) is 22.9 Å². The van der Waals surface area contributed by atoms with E-state index in [9.17, 15) is 0 Å². The molecule has 2 aromatic heterocycles. The van der Waals surface area contributed by atoms with Crippen LogP contribution in [0.15, 0.2) is 84.9 Å². The molecule has 1 aliphatic rings. The number of fused-ring (bicyclic) bond motifs is 1. The van der Waals surface area contributed by atoms with Crippen LogP contribution in [-0.2, 0) is 0 Å². The summed E-state index contributed by atoms with van der Waals surface area (Å²) >= 11 is 1.66. The van der Waals surface area contributed by atoms with Crippen LogP contribution in [0.1, 0.15) is 6.42 Å². The third kappa shape index (κ3) is 4.27. The molecular formula is C24H20N4O2S. The minimum Gasteiger partial charge on any atom is -0.497 e. The second kappa shape index (κ2) is 8.57. The highest BCUT2D eigenvalue weighted by Crippen LogP contribution is 2.31. The summed E-state index contributed by atoms with van der Waals surface area (Å²) in [5.74, 6) is 1.96. The molecule has 1 N–H and O–H groups in total. The van der Waals surface area contributed by atoms with E-state index in [2.05, 4.69) is 38.5 Å². The van der Waals surface area contributed by atoms with E-state index in [1.165, 1.54) is 4.70 Å². The van der Waals surface area contributed by atoms with Crippen molar-refractivity contribution in [3.63, 3.8) is 0 Å². The molecule has 0 fully saturated rings. The quantitative estimate of drug-likeness (QED) is 0.439. The SMILES string of the molecule is COc1cccc(-c2nccnc2OC2=CCC(Nc3nc4ccccc4s3)C=C2)c1. The summed E-state index contributed by atoms with van der Waals surface area (Å²) in [5.41, 5.74) is 2.57. The van der Waals surface area contributed by atoms with Crippen molar-refractivity contribution >= 4 is 26.7 Å². The molecule has 7 heteroatoms. The highest BCUT2D eigenvalue weighted by atomic mass is 32.1. The molecule has 2 aromatic carbocycles. The van der Waals surface area contributed by atoms with Gasteiger partial charge in [0.25, 0.3) is 0 Å². The fourth-order valence-corrected chi connectivity index (χ4v) is 4.28. The average molecular weight is 429 g/mol. The van der Waals surface area contributed by atoms with Gasteiger partial charge in [-0.1, -0.05) is 41.7 Å². The highest BCUT2D eigenvalue weighted by molar-refractivity contribution is 7.22. The Hall–Kier alpha value is -3.71. The van der Waals surface area contributed by atoms with E-state index in [0.29, 0.717) is 11.6 Å². The molecule has 0 radical (unpaired) electrons. The minimum absolute atomic E-state index is 0.160. The number of methoxy groups -OCH3 is 1. The number of aromatic nitrogens is 3. The standard InChI is InChI=1S/C24H20N4O2S/c1-29-19-6-4-5-16(15-19)22-23(26-14-13-25-22)30-18-11-9-17(10-12-18)27-24-28-20-7-2-3-8-21(20)31-24/h2-9,11-15,17H,10H2,1H3,(H,27,28). The number of allylic oxidation sites excluding steroid dienone is 1. The lowest BCUT2D eigenvalue weighted by Crippen LogP contribution is -2.18. The predicted octanol–water partition coefficient (Wildman–Crippen LogP) is 5.47. The third-order valence-electron chi connectivity index (χ3n) is 4.89. The van der Waals surface area contributed by atoms with Crippen LogP contribution < -0.4 is 14.8 Å². The predicted molar refractivity (Wildman–Crippen MR) is 124 cm³/mol. The first kappa shape index (κ1) is 19.3. The second-order valence-electron chi connectivity index (χ2n) is 6.98. The van der Waals surface area contributed by atoms with E-state index in [-0.39, 0.29) is 6.04 Å². The van der Waals surface area contributed by atoms with Gasteiger partial charge in [0.15, 0.2) is 5.13 Å². The molecule has 31 heavy (non-hydrogen) atoms. The maximum atomic E-state index is 6.08. The van der Waals surface area contributed by atoms with Crippen molar-refractivity contribution in [3.05, 3.63) is 84.9 Å². The largest absolute Gasteiger partial charge is 0.497 e. The number of benzene rings is 2. The molecule has 154 valence electrons. The van der Waals surface area contributed by atoms with E-state index in [4.69, 9.17) is 9.47 Å². The van der Waals surface area contributed by atoms with Gasteiger partial charge in [-0.2, -0.15) is 0 Å². The first-order chi connectivity index (χ1) is 15.3. The number of nitrogens with one attached hydrogen (secondary N) is 1. The molecule has 0 saturated carbocycles. The molecule has 0 saturated heterocycles. The minimum atomic E-state index is 0.160. The Balaban J connectivity index is 1.29. The smallest absolute Gasteiger partial charge is 0.246 e. The summed E-state index contributed by atoms with van der Waals surface area (Å²) in [6, 6.07) is 16.0. The van der Waals surface area contributed by atoms with Crippen LogP contribution >= 0.6 is 11.3 Å². The molecule has 0 spiro atoms. The normalized spacial score (nSPS) is 15.5. The van der Waals surface area contributed by atoms with Gasteiger partial charge in [0.05, 0.1) is 23.4 Å². The number of rotatable bonds is 6. The number of hydrogen-bond donors (Lipinski definition) is 1. The molecule has 6 nitrogen and oxygen atoms in total. The summed E-state index contributed by atoms with van der Waals surface area (Å²) in [6.07, 6.45) is 10.2. The summed E-state index contributed by atoms with van der Waals surface area (Å²) < 4.78 is 12.6. The van der Waals surface area contributed by atoms with Gasteiger partial charge in [-0.05, 0) is 42.8 Å². The molecule has 0 bridgehead atoms. The van der Waals surface area contributed by atoms with Crippen LogP contribution in [-0.4, -0.2) is 28.1 Å². The van der Waals surface area contributed by atoms with Gasteiger partial charge >= 0.3 is 0 Å². The number of hydrogen-bond acceptors (Lipinski definition) is 7. The van der Waals surface area contributed by atoms with E-state index in [1.807, 2.05) is 48.5 Å².